The molecule has 0 saturated carbocycles. The van der Waals surface area contributed by atoms with Crippen molar-refractivity contribution in [2.75, 3.05) is 0 Å². The zero-order valence-electron chi connectivity index (χ0n) is 29.8. The fraction of sp³-hybridized carbons (Fsp3) is 0. The van der Waals surface area contributed by atoms with Gasteiger partial charge in [0, 0.05) is 38.4 Å². The van der Waals surface area contributed by atoms with Crippen molar-refractivity contribution in [3.05, 3.63) is 176 Å². The van der Waals surface area contributed by atoms with Crippen LogP contribution in [0.5, 0.6) is 0 Å². The maximum absolute atomic E-state index is 6.74. The Morgan fingerprint density at radius 3 is 1.55 bits per heavy atom. The standard InChI is InChI=1S/C49H29N5O2/c1-4-14-30(15-5-1)31-26-28-34(29-27-31)47-52-46(33-18-8-3-9-19-33)53-49(54-47)38-23-12-21-36-41-37(22-13-25-40(41)56-44(36)38)48-50-42(32-16-6-2-7-17-32)45-43(51-48)35-20-10-11-24-39(35)55-45/h1-29H. The van der Waals surface area contributed by atoms with E-state index < -0.39 is 0 Å². The van der Waals surface area contributed by atoms with Crippen LogP contribution in [0.25, 0.3) is 112 Å². The van der Waals surface area contributed by atoms with Crippen molar-refractivity contribution < 1.29 is 8.83 Å². The molecule has 0 bridgehead atoms. The van der Waals surface area contributed by atoms with Gasteiger partial charge in [0.2, 0.25) is 0 Å². The monoisotopic (exact) mass is 719 g/mol. The SMILES string of the molecule is c1ccc(-c2ccc(-c3nc(-c4ccccc4)nc(-c4cccc5c4oc4cccc(-c6nc(-c7ccccc7)c7oc8ccccc8c7n6)c45)n3)cc2)cc1. The van der Waals surface area contributed by atoms with Gasteiger partial charge in [0.05, 0.1) is 5.56 Å². The lowest BCUT2D eigenvalue weighted by molar-refractivity contribution is 0.667. The summed E-state index contributed by atoms with van der Waals surface area (Å²) >= 11 is 0. The van der Waals surface area contributed by atoms with Crippen LogP contribution in [-0.4, -0.2) is 24.9 Å². The highest BCUT2D eigenvalue weighted by atomic mass is 16.3. The molecule has 0 atom stereocenters. The van der Waals surface area contributed by atoms with Crippen molar-refractivity contribution in [2.24, 2.45) is 0 Å². The van der Waals surface area contributed by atoms with Crippen LogP contribution >= 0.6 is 0 Å². The minimum Gasteiger partial charge on any atom is -0.455 e. The van der Waals surface area contributed by atoms with E-state index in [2.05, 4.69) is 48.5 Å². The van der Waals surface area contributed by atoms with Gasteiger partial charge in [-0.05, 0) is 35.4 Å². The smallest absolute Gasteiger partial charge is 0.180 e. The molecule has 0 radical (unpaired) electrons. The van der Waals surface area contributed by atoms with Gasteiger partial charge in [-0.15, -0.1) is 0 Å². The average molecular weight is 720 g/mol. The molecule has 0 aliphatic rings. The van der Waals surface area contributed by atoms with Crippen LogP contribution in [0.2, 0.25) is 0 Å². The minimum absolute atomic E-state index is 0.515. The summed E-state index contributed by atoms with van der Waals surface area (Å²) in [5, 5.41) is 2.75. The molecule has 0 spiro atoms. The number of hydrogen-bond acceptors (Lipinski definition) is 7. The largest absolute Gasteiger partial charge is 0.455 e. The van der Waals surface area contributed by atoms with Crippen molar-refractivity contribution in [2.45, 2.75) is 0 Å². The summed E-state index contributed by atoms with van der Waals surface area (Å²) in [4.78, 5) is 25.5. The molecule has 56 heavy (non-hydrogen) atoms. The molecule has 7 nitrogen and oxygen atoms in total. The van der Waals surface area contributed by atoms with E-state index in [-0.39, 0.29) is 0 Å². The highest BCUT2D eigenvalue weighted by Gasteiger charge is 2.23. The summed E-state index contributed by atoms with van der Waals surface area (Å²) in [6, 6.07) is 58.8. The fourth-order valence-electron chi connectivity index (χ4n) is 7.50. The highest BCUT2D eigenvalue weighted by molar-refractivity contribution is 6.15. The summed E-state index contributed by atoms with van der Waals surface area (Å²) in [7, 11) is 0. The average Bonchev–Trinajstić information content (AvgIpc) is 3.86. The second kappa shape index (κ2) is 13.0. The Morgan fingerprint density at radius 2 is 0.804 bits per heavy atom. The van der Waals surface area contributed by atoms with E-state index in [0.29, 0.717) is 40.0 Å². The van der Waals surface area contributed by atoms with Gasteiger partial charge >= 0.3 is 0 Å². The Kier molecular flexibility index (Phi) is 7.35. The number of nitrogens with zero attached hydrogens (tertiary/aromatic N) is 5. The van der Waals surface area contributed by atoms with E-state index in [4.69, 9.17) is 33.8 Å². The zero-order chi connectivity index (χ0) is 37.0. The molecule has 0 amide bonds. The molecule has 0 N–H and O–H groups in total. The van der Waals surface area contributed by atoms with Gasteiger partial charge in [0.15, 0.2) is 28.9 Å². The molecule has 4 aromatic heterocycles. The summed E-state index contributed by atoms with van der Waals surface area (Å²) in [6.07, 6.45) is 0. The van der Waals surface area contributed by atoms with Crippen LogP contribution in [0.15, 0.2) is 185 Å². The first-order valence-corrected chi connectivity index (χ1v) is 18.4. The molecule has 7 heteroatoms. The molecule has 4 heterocycles. The molecule has 7 aromatic carbocycles. The Bertz CT molecular complexity index is 3230. The van der Waals surface area contributed by atoms with E-state index in [9.17, 15) is 0 Å². The summed E-state index contributed by atoms with van der Waals surface area (Å²) in [5.41, 5.74) is 10.9. The number of para-hydroxylation sites is 2. The molecule has 262 valence electrons. The van der Waals surface area contributed by atoms with Crippen LogP contribution < -0.4 is 0 Å². The first-order valence-electron chi connectivity index (χ1n) is 18.4. The lowest BCUT2D eigenvalue weighted by atomic mass is 10.0. The molecule has 11 rings (SSSR count). The lowest BCUT2D eigenvalue weighted by Crippen LogP contribution is -2.00. The number of aromatic nitrogens is 5. The maximum Gasteiger partial charge on any atom is 0.180 e. The molecular weight excluding hydrogens is 691 g/mol. The molecular formula is C49H29N5O2. The third-order valence-corrected chi connectivity index (χ3v) is 10.2. The topological polar surface area (TPSA) is 90.7 Å². The number of fused-ring (bicyclic) bond motifs is 6. The second-order valence-corrected chi connectivity index (χ2v) is 13.6. The number of hydrogen-bond donors (Lipinski definition) is 0. The van der Waals surface area contributed by atoms with Gasteiger partial charge in [0.1, 0.15) is 28.0 Å². The molecule has 0 fully saturated rings. The highest BCUT2D eigenvalue weighted by Crippen LogP contribution is 2.42. The van der Waals surface area contributed by atoms with Crippen LogP contribution in [0.3, 0.4) is 0 Å². The number of furan rings is 2. The van der Waals surface area contributed by atoms with Gasteiger partial charge in [-0.2, -0.15) is 0 Å². The minimum atomic E-state index is 0.515. The van der Waals surface area contributed by atoms with Crippen molar-refractivity contribution in [1.82, 2.24) is 24.9 Å². The van der Waals surface area contributed by atoms with Crippen LogP contribution in [-0.2, 0) is 0 Å². The van der Waals surface area contributed by atoms with Gasteiger partial charge in [-0.3, -0.25) is 0 Å². The van der Waals surface area contributed by atoms with Crippen LogP contribution in [0.1, 0.15) is 0 Å². The lowest BCUT2D eigenvalue weighted by Gasteiger charge is -2.09. The summed E-state index contributed by atoms with van der Waals surface area (Å²) in [6.45, 7) is 0. The Morgan fingerprint density at radius 1 is 0.304 bits per heavy atom. The summed E-state index contributed by atoms with van der Waals surface area (Å²) < 4.78 is 13.1. The van der Waals surface area contributed by atoms with Crippen molar-refractivity contribution >= 4 is 44.0 Å². The van der Waals surface area contributed by atoms with Gasteiger partial charge in [-0.1, -0.05) is 152 Å². The van der Waals surface area contributed by atoms with Crippen molar-refractivity contribution in [1.29, 1.82) is 0 Å². The fourth-order valence-corrected chi connectivity index (χ4v) is 7.50. The first-order chi connectivity index (χ1) is 27.7. The molecule has 0 aliphatic heterocycles. The van der Waals surface area contributed by atoms with Gasteiger partial charge < -0.3 is 8.83 Å². The van der Waals surface area contributed by atoms with E-state index in [1.54, 1.807) is 0 Å². The predicted molar refractivity (Wildman–Crippen MR) is 223 cm³/mol. The normalized spacial score (nSPS) is 11.6. The van der Waals surface area contributed by atoms with Gasteiger partial charge in [-0.25, -0.2) is 24.9 Å². The number of rotatable bonds is 6. The quantitative estimate of drug-likeness (QED) is 0.169. The molecule has 0 unspecified atom stereocenters. The van der Waals surface area contributed by atoms with Crippen LogP contribution in [0, 0.1) is 0 Å². The van der Waals surface area contributed by atoms with E-state index in [1.165, 1.54) is 0 Å². The Hall–Kier alpha value is -7.77. The number of benzene rings is 7. The van der Waals surface area contributed by atoms with Gasteiger partial charge in [0.25, 0.3) is 0 Å². The first kappa shape index (κ1) is 31.7. The third kappa shape index (κ3) is 5.33. The maximum atomic E-state index is 6.74. The molecule has 0 saturated heterocycles. The Balaban J connectivity index is 1.10. The third-order valence-electron chi connectivity index (χ3n) is 10.2. The van der Waals surface area contributed by atoms with E-state index >= 15 is 0 Å². The second-order valence-electron chi connectivity index (χ2n) is 13.6. The van der Waals surface area contributed by atoms with Crippen LogP contribution in [0.4, 0.5) is 0 Å². The van der Waals surface area contributed by atoms with Crippen molar-refractivity contribution in [3.8, 4) is 67.9 Å². The van der Waals surface area contributed by atoms with Crippen molar-refractivity contribution in [3.63, 3.8) is 0 Å². The van der Waals surface area contributed by atoms with E-state index in [1.807, 2.05) is 127 Å². The zero-order valence-corrected chi connectivity index (χ0v) is 29.8. The summed E-state index contributed by atoms with van der Waals surface area (Å²) in [5.74, 6) is 2.24. The van der Waals surface area contributed by atoms with E-state index in [0.717, 1.165) is 71.9 Å². The Labute approximate surface area is 320 Å². The molecule has 0 aliphatic carbocycles. The molecule has 11 aromatic rings. The predicted octanol–water partition coefficient (Wildman–Crippen LogP) is 12.5.